The van der Waals surface area contributed by atoms with E-state index in [4.69, 9.17) is 9.47 Å². The summed E-state index contributed by atoms with van der Waals surface area (Å²) in [5, 5.41) is 5.61. The number of amides is 2. The van der Waals surface area contributed by atoms with E-state index in [1.54, 1.807) is 31.2 Å². The maximum absolute atomic E-state index is 13.5. The summed E-state index contributed by atoms with van der Waals surface area (Å²) in [6.07, 6.45) is 0. The lowest BCUT2D eigenvalue weighted by atomic mass is 10.1. The van der Waals surface area contributed by atoms with Gasteiger partial charge in [-0.1, -0.05) is 23.5 Å². The number of rotatable bonds is 6. The highest BCUT2D eigenvalue weighted by Gasteiger charge is 2.27. The third kappa shape index (κ3) is 4.60. The second kappa shape index (κ2) is 9.59. The average Bonchev–Trinajstić information content (AvgIpc) is 3.22. The minimum Gasteiger partial charge on any atom is -0.497 e. The molecule has 0 saturated heterocycles. The normalized spacial score (nSPS) is 10.8. The molecular weight excluding hydrogens is 468 g/mol. The maximum Gasteiger partial charge on any atom is 0.274 e. The molecule has 0 fully saturated rings. The number of carbonyl (C=O) groups excluding carboxylic acids is 2. The topological polar surface area (TPSA) is 111 Å². The third-order valence-corrected chi connectivity index (χ3v) is 6.62. The van der Waals surface area contributed by atoms with Crippen molar-refractivity contribution in [2.45, 2.75) is 20.8 Å². The molecule has 9 nitrogen and oxygen atoms in total. The van der Waals surface area contributed by atoms with E-state index in [0.29, 0.717) is 28.6 Å². The second-order valence-electron chi connectivity index (χ2n) is 7.86. The van der Waals surface area contributed by atoms with E-state index in [1.165, 1.54) is 20.3 Å². The van der Waals surface area contributed by atoms with Crippen LogP contribution in [0.25, 0.3) is 4.96 Å². The molecule has 0 aliphatic carbocycles. The molecule has 2 heterocycles. The van der Waals surface area contributed by atoms with Gasteiger partial charge in [-0.15, -0.1) is 0 Å². The van der Waals surface area contributed by atoms with Crippen LogP contribution >= 0.6 is 11.3 Å². The van der Waals surface area contributed by atoms with Gasteiger partial charge in [0.2, 0.25) is 0 Å². The SMILES string of the molecule is COc1ccc(OC)c(NC(=O)c2c(C(=O)Nc3cccc(C)c3C)sc3nc(C)cc(=O)n23)c1. The van der Waals surface area contributed by atoms with E-state index in [9.17, 15) is 14.4 Å². The van der Waals surface area contributed by atoms with Crippen LogP contribution in [0, 0.1) is 20.8 Å². The van der Waals surface area contributed by atoms with Crippen LogP contribution in [-0.4, -0.2) is 35.4 Å². The summed E-state index contributed by atoms with van der Waals surface area (Å²) in [5.74, 6) is -0.296. The van der Waals surface area contributed by atoms with Crippen molar-refractivity contribution in [2.24, 2.45) is 0 Å². The van der Waals surface area contributed by atoms with Gasteiger partial charge in [0, 0.05) is 23.5 Å². The zero-order chi connectivity index (χ0) is 25.3. The number of thiazole rings is 1. The zero-order valence-electron chi connectivity index (χ0n) is 19.9. The van der Waals surface area contributed by atoms with Crippen molar-refractivity contribution in [3.8, 4) is 11.5 Å². The molecule has 2 amide bonds. The largest absolute Gasteiger partial charge is 0.497 e. The van der Waals surface area contributed by atoms with Gasteiger partial charge in [-0.2, -0.15) is 0 Å². The average molecular weight is 493 g/mol. The zero-order valence-corrected chi connectivity index (χ0v) is 20.7. The Morgan fingerprint density at radius 2 is 1.69 bits per heavy atom. The Morgan fingerprint density at radius 1 is 0.943 bits per heavy atom. The van der Waals surface area contributed by atoms with Crippen LogP contribution in [0.1, 0.15) is 37.0 Å². The van der Waals surface area contributed by atoms with Crippen molar-refractivity contribution in [2.75, 3.05) is 24.9 Å². The number of aryl methyl sites for hydroxylation is 2. The maximum atomic E-state index is 13.5. The molecule has 180 valence electrons. The van der Waals surface area contributed by atoms with Crippen molar-refractivity contribution >= 4 is 39.5 Å². The number of benzene rings is 2. The predicted octanol–water partition coefficient (Wildman–Crippen LogP) is 4.20. The summed E-state index contributed by atoms with van der Waals surface area (Å²) in [4.78, 5) is 44.4. The number of hydrogen-bond donors (Lipinski definition) is 2. The lowest BCUT2D eigenvalue weighted by Crippen LogP contribution is -2.25. The second-order valence-corrected chi connectivity index (χ2v) is 8.83. The Labute approximate surface area is 205 Å². The molecule has 4 aromatic rings. The van der Waals surface area contributed by atoms with Gasteiger partial charge in [0.1, 0.15) is 22.1 Å². The quantitative estimate of drug-likeness (QED) is 0.417. The van der Waals surface area contributed by atoms with E-state index in [1.807, 2.05) is 26.0 Å². The summed E-state index contributed by atoms with van der Waals surface area (Å²) in [6.45, 7) is 5.52. The highest BCUT2D eigenvalue weighted by molar-refractivity contribution is 7.19. The molecule has 0 radical (unpaired) electrons. The predicted molar refractivity (Wildman–Crippen MR) is 135 cm³/mol. The van der Waals surface area contributed by atoms with Gasteiger partial charge >= 0.3 is 0 Å². The van der Waals surface area contributed by atoms with E-state index < -0.39 is 17.4 Å². The molecule has 2 N–H and O–H groups in total. The molecular formula is C25H24N4O5S. The minimum absolute atomic E-state index is 0.0560. The molecule has 0 aliphatic rings. The van der Waals surface area contributed by atoms with E-state index >= 15 is 0 Å². The van der Waals surface area contributed by atoms with Crippen LogP contribution in [0.5, 0.6) is 11.5 Å². The molecule has 4 rings (SSSR count). The monoisotopic (exact) mass is 492 g/mol. The number of nitrogens with one attached hydrogen (secondary N) is 2. The van der Waals surface area contributed by atoms with Crippen LogP contribution in [0.4, 0.5) is 11.4 Å². The first-order valence-corrected chi connectivity index (χ1v) is 11.5. The smallest absolute Gasteiger partial charge is 0.274 e. The van der Waals surface area contributed by atoms with Crippen LogP contribution < -0.4 is 25.7 Å². The van der Waals surface area contributed by atoms with Crippen LogP contribution in [-0.2, 0) is 0 Å². The van der Waals surface area contributed by atoms with Crippen molar-refractivity contribution in [3.05, 3.63) is 80.2 Å². The van der Waals surface area contributed by atoms with Crippen LogP contribution in [0.15, 0.2) is 47.3 Å². The Balaban J connectivity index is 1.83. The highest BCUT2D eigenvalue weighted by atomic mass is 32.1. The highest BCUT2D eigenvalue weighted by Crippen LogP contribution is 2.31. The van der Waals surface area contributed by atoms with Gasteiger partial charge in [0.05, 0.1) is 19.9 Å². The van der Waals surface area contributed by atoms with Crippen LogP contribution in [0.2, 0.25) is 0 Å². The van der Waals surface area contributed by atoms with Gasteiger partial charge in [0.25, 0.3) is 17.4 Å². The first-order chi connectivity index (χ1) is 16.7. The van der Waals surface area contributed by atoms with Crippen molar-refractivity contribution < 1.29 is 19.1 Å². The molecule has 2 aromatic carbocycles. The summed E-state index contributed by atoms with van der Waals surface area (Å²) >= 11 is 0.969. The fourth-order valence-corrected chi connectivity index (χ4v) is 4.67. The number of fused-ring (bicyclic) bond motifs is 1. The first kappa shape index (κ1) is 24.0. The summed E-state index contributed by atoms with van der Waals surface area (Å²) in [5.41, 5.74) is 2.76. The van der Waals surface area contributed by atoms with Gasteiger partial charge in [-0.25, -0.2) is 9.38 Å². The Hall–Kier alpha value is -4.18. The Kier molecular flexibility index (Phi) is 6.57. The minimum atomic E-state index is -0.665. The Morgan fingerprint density at radius 3 is 2.40 bits per heavy atom. The van der Waals surface area contributed by atoms with Gasteiger partial charge in [-0.05, 0) is 50.1 Å². The van der Waals surface area contributed by atoms with Gasteiger partial charge in [-0.3, -0.25) is 14.4 Å². The van der Waals surface area contributed by atoms with Gasteiger partial charge in [0.15, 0.2) is 4.96 Å². The molecule has 0 unspecified atom stereocenters. The van der Waals surface area contributed by atoms with E-state index in [2.05, 4.69) is 15.6 Å². The standard InChI is InChI=1S/C25H24N4O5S/c1-13-7-6-8-17(15(13)3)27-24(32)22-21(29-20(30)11-14(2)26-25(29)35-22)23(31)28-18-12-16(33-4)9-10-19(18)34-5/h6-12H,1-5H3,(H,27,32)(H,28,31). The third-order valence-electron chi connectivity index (χ3n) is 5.58. The molecule has 0 saturated carbocycles. The lowest BCUT2D eigenvalue weighted by Gasteiger charge is -2.13. The van der Waals surface area contributed by atoms with Crippen molar-refractivity contribution in [3.63, 3.8) is 0 Å². The molecule has 0 aliphatic heterocycles. The first-order valence-electron chi connectivity index (χ1n) is 10.7. The summed E-state index contributed by atoms with van der Waals surface area (Å²) in [7, 11) is 2.97. The Bertz CT molecular complexity index is 1520. The van der Waals surface area contributed by atoms with E-state index in [-0.39, 0.29) is 15.5 Å². The number of aromatic nitrogens is 2. The molecule has 35 heavy (non-hydrogen) atoms. The van der Waals surface area contributed by atoms with Crippen molar-refractivity contribution in [1.82, 2.24) is 9.38 Å². The van der Waals surface area contributed by atoms with E-state index in [0.717, 1.165) is 26.9 Å². The fourth-order valence-electron chi connectivity index (χ4n) is 3.60. The molecule has 0 atom stereocenters. The number of nitrogens with zero attached hydrogens (tertiary/aromatic N) is 2. The fraction of sp³-hybridized carbons (Fsp3) is 0.200. The molecule has 10 heteroatoms. The van der Waals surface area contributed by atoms with Crippen LogP contribution in [0.3, 0.4) is 0 Å². The number of hydrogen-bond acceptors (Lipinski definition) is 7. The molecule has 0 bridgehead atoms. The number of ether oxygens (including phenoxy) is 2. The summed E-state index contributed by atoms with van der Waals surface area (Å²) < 4.78 is 11.7. The summed E-state index contributed by atoms with van der Waals surface area (Å²) in [6, 6.07) is 11.8. The van der Waals surface area contributed by atoms with Gasteiger partial charge < -0.3 is 20.1 Å². The molecule has 2 aromatic heterocycles. The molecule has 0 spiro atoms. The number of anilines is 2. The number of carbonyl (C=O) groups is 2. The number of methoxy groups -OCH3 is 2. The van der Waals surface area contributed by atoms with Crippen molar-refractivity contribution in [1.29, 1.82) is 0 Å². The lowest BCUT2D eigenvalue weighted by molar-refractivity contribution is 0.0989.